The van der Waals surface area contributed by atoms with Gasteiger partial charge in [0, 0.05) is 25.7 Å². The number of carbonyl (C=O) groups excluding carboxylic acids is 1. The second kappa shape index (κ2) is 7.33. The molecule has 0 spiro atoms. The highest BCUT2D eigenvalue weighted by Crippen LogP contribution is 2.39. The molecule has 1 saturated heterocycles. The molecule has 3 rings (SSSR count). The summed E-state index contributed by atoms with van der Waals surface area (Å²) in [4.78, 5) is 11.4. The van der Waals surface area contributed by atoms with E-state index in [-0.39, 0.29) is 10.8 Å². The zero-order chi connectivity index (χ0) is 18.0. The van der Waals surface area contributed by atoms with Gasteiger partial charge in [-0.25, -0.2) is 8.42 Å². The Morgan fingerprint density at radius 1 is 1.20 bits per heavy atom. The zero-order valence-corrected chi connectivity index (χ0v) is 15.6. The number of fused-ring (bicyclic) bond motifs is 1. The van der Waals surface area contributed by atoms with Crippen molar-refractivity contribution in [2.24, 2.45) is 11.8 Å². The lowest BCUT2D eigenvalue weighted by Crippen LogP contribution is -2.44. The molecule has 138 valence electrons. The highest BCUT2D eigenvalue weighted by atomic mass is 32.2. The van der Waals surface area contributed by atoms with E-state index in [1.165, 1.54) is 39.4 Å². The van der Waals surface area contributed by atoms with Gasteiger partial charge in [-0.05, 0) is 42.9 Å². The van der Waals surface area contributed by atoms with Gasteiger partial charge in [0.15, 0.2) is 0 Å². The Morgan fingerprint density at radius 2 is 1.92 bits per heavy atom. The molecule has 6 nitrogen and oxygen atoms in total. The number of anilines is 1. The van der Waals surface area contributed by atoms with Crippen molar-refractivity contribution in [3.8, 4) is 5.75 Å². The van der Waals surface area contributed by atoms with Gasteiger partial charge in [0.05, 0.1) is 7.11 Å². The number of ether oxygens (including phenoxy) is 1. The van der Waals surface area contributed by atoms with Crippen LogP contribution >= 0.6 is 0 Å². The number of hydrogen-bond acceptors (Lipinski definition) is 4. The third kappa shape index (κ3) is 3.82. The third-order valence-corrected chi connectivity index (χ3v) is 7.24. The Bertz CT molecular complexity index is 747. The van der Waals surface area contributed by atoms with Crippen LogP contribution in [0.2, 0.25) is 0 Å². The maximum atomic E-state index is 13.2. The van der Waals surface area contributed by atoms with Crippen molar-refractivity contribution in [1.82, 2.24) is 4.31 Å². The molecule has 0 bridgehead atoms. The molecule has 1 N–H and O–H groups in total. The number of amides is 1. The summed E-state index contributed by atoms with van der Waals surface area (Å²) in [6, 6.07) is 4.72. The first kappa shape index (κ1) is 18.2. The predicted molar refractivity (Wildman–Crippen MR) is 96.1 cm³/mol. The van der Waals surface area contributed by atoms with Gasteiger partial charge >= 0.3 is 0 Å². The van der Waals surface area contributed by atoms with Gasteiger partial charge < -0.3 is 10.1 Å². The molecule has 2 atom stereocenters. The quantitative estimate of drug-likeness (QED) is 0.889. The number of nitrogens with one attached hydrogen (secondary N) is 1. The third-order valence-electron chi connectivity index (χ3n) is 5.36. The Balaban J connectivity index is 1.89. The average molecular weight is 366 g/mol. The number of carbonyl (C=O) groups is 1. The van der Waals surface area contributed by atoms with Crippen molar-refractivity contribution in [3.63, 3.8) is 0 Å². The van der Waals surface area contributed by atoms with E-state index in [2.05, 4.69) is 5.32 Å². The van der Waals surface area contributed by atoms with Gasteiger partial charge in [0.25, 0.3) is 0 Å². The second-order valence-electron chi connectivity index (χ2n) is 7.00. The summed E-state index contributed by atoms with van der Waals surface area (Å²) in [7, 11) is -2.20. The van der Waals surface area contributed by atoms with E-state index in [0.717, 1.165) is 12.8 Å². The van der Waals surface area contributed by atoms with Gasteiger partial charge in [0.2, 0.25) is 15.9 Å². The van der Waals surface area contributed by atoms with Crippen LogP contribution in [0, 0.1) is 11.8 Å². The normalized spacial score (nSPS) is 24.4. The SMILES string of the molecule is COc1ccc(NC(C)=O)cc1S(=O)(=O)N1CC[C@@H]2CCCC[C@@H]2C1. The van der Waals surface area contributed by atoms with Gasteiger partial charge in [0.1, 0.15) is 10.6 Å². The van der Waals surface area contributed by atoms with E-state index in [1.54, 1.807) is 16.4 Å². The molecule has 25 heavy (non-hydrogen) atoms. The molecule has 1 aromatic carbocycles. The average Bonchev–Trinajstić information content (AvgIpc) is 2.60. The predicted octanol–water partition coefficient (Wildman–Crippen LogP) is 2.85. The van der Waals surface area contributed by atoms with Gasteiger partial charge in [-0.15, -0.1) is 0 Å². The number of piperidine rings is 1. The van der Waals surface area contributed by atoms with Crippen molar-refractivity contribution in [1.29, 1.82) is 0 Å². The molecule has 1 aromatic rings. The summed E-state index contributed by atoms with van der Waals surface area (Å²) in [6.07, 6.45) is 5.72. The van der Waals surface area contributed by atoms with Crippen LogP contribution in [0.5, 0.6) is 5.75 Å². The van der Waals surface area contributed by atoms with Crippen LogP contribution in [0.3, 0.4) is 0 Å². The van der Waals surface area contributed by atoms with Crippen molar-refractivity contribution in [2.45, 2.75) is 43.9 Å². The highest BCUT2D eigenvalue weighted by molar-refractivity contribution is 7.89. The second-order valence-corrected chi connectivity index (χ2v) is 8.91. The van der Waals surface area contributed by atoms with Gasteiger partial charge in [-0.1, -0.05) is 19.3 Å². The van der Waals surface area contributed by atoms with Crippen LogP contribution < -0.4 is 10.1 Å². The minimum absolute atomic E-state index is 0.121. The van der Waals surface area contributed by atoms with Crippen LogP contribution in [-0.2, 0) is 14.8 Å². The van der Waals surface area contributed by atoms with E-state index >= 15 is 0 Å². The summed E-state index contributed by atoms with van der Waals surface area (Å²) in [5.41, 5.74) is 0.458. The summed E-state index contributed by atoms with van der Waals surface area (Å²) in [6.45, 7) is 2.53. The number of hydrogen-bond donors (Lipinski definition) is 1. The van der Waals surface area contributed by atoms with E-state index in [0.29, 0.717) is 36.4 Å². The number of benzene rings is 1. The first-order chi connectivity index (χ1) is 11.9. The van der Waals surface area contributed by atoms with E-state index in [4.69, 9.17) is 4.74 Å². The maximum Gasteiger partial charge on any atom is 0.246 e. The van der Waals surface area contributed by atoms with Crippen molar-refractivity contribution in [2.75, 3.05) is 25.5 Å². The molecular formula is C18H26N2O4S. The lowest BCUT2D eigenvalue weighted by molar-refractivity contribution is -0.114. The number of rotatable bonds is 4. The van der Waals surface area contributed by atoms with Crippen LogP contribution in [0.4, 0.5) is 5.69 Å². The molecule has 2 aliphatic rings. The Hall–Kier alpha value is -1.60. The molecule has 7 heteroatoms. The molecule has 2 fully saturated rings. The van der Waals surface area contributed by atoms with Crippen LogP contribution in [0.25, 0.3) is 0 Å². The standard InChI is InChI=1S/C18H26N2O4S/c1-13(21)19-16-7-8-17(24-2)18(11-16)25(22,23)20-10-9-14-5-3-4-6-15(14)12-20/h7-8,11,14-15H,3-6,9-10,12H2,1-2H3,(H,19,21)/t14-,15+/m0/s1. The van der Waals surface area contributed by atoms with Crippen molar-refractivity contribution in [3.05, 3.63) is 18.2 Å². The molecular weight excluding hydrogens is 340 g/mol. The Morgan fingerprint density at radius 3 is 2.60 bits per heavy atom. The van der Waals surface area contributed by atoms with E-state index < -0.39 is 10.0 Å². The van der Waals surface area contributed by atoms with E-state index in [9.17, 15) is 13.2 Å². The smallest absolute Gasteiger partial charge is 0.246 e. The molecule has 1 heterocycles. The minimum Gasteiger partial charge on any atom is -0.495 e. The van der Waals surface area contributed by atoms with Crippen molar-refractivity contribution < 1.29 is 17.9 Å². The maximum absolute atomic E-state index is 13.2. The van der Waals surface area contributed by atoms with Crippen LogP contribution in [0.1, 0.15) is 39.0 Å². The molecule has 1 saturated carbocycles. The summed E-state index contributed by atoms with van der Waals surface area (Å²) in [5.74, 6) is 1.19. The first-order valence-corrected chi connectivity index (χ1v) is 10.3. The molecule has 1 aliphatic heterocycles. The lowest BCUT2D eigenvalue weighted by atomic mass is 9.76. The summed E-state index contributed by atoms with van der Waals surface area (Å²) in [5, 5.41) is 2.64. The minimum atomic E-state index is -3.66. The molecule has 1 aliphatic carbocycles. The fourth-order valence-electron chi connectivity index (χ4n) is 4.08. The molecule has 0 unspecified atom stereocenters. The fraction of sp³-hybridized carbons (Fsp3) is 0.611. The fourth-order valence-corrected chi connectivity index (χ4v) is 5.78. The monoisotopic (exact) mass is 366 g/mol. The number of nitrogens with zero attached hydrogens (tertiary/aromatic N) is 1. The highest BCUT2D eigenvalue weighted by Gasteiger charge is 2.37. The number of methoxy groups -OCH3 is 1. The first-order valence-electron chi connectivity index (χ1n) is 8.87. The molecule has 0 radical (unpaired) electrons. The molecule has 1 amide bonds. The van der Waals surface area contributed by atoms with Crippen molar-refractivity contribution >= 4 is 21.6 Å². The van der Waals surface area contributed by atoms with Gasteiger partial charge in [-0.2, -0.15) is 4.31 Å². The largest absolute Gasteiger partial charge is 0.495 e. The van der Waals surface area contributed by atoms with Crippen LogP contribution in [0.15, 0.2) is 23.1 Å². The molecule has 0 aromatic heterocycles. The zero-order valence-electron chi connectivity index (χ0n) is 14.8. The lowest BCUT2D eigenvalue weighted by Gasteiger charge is -2.40. The summed E-state index contributed by atoms with van der Waals surface area (Å²) >= 11 is 0. The Kier molecular flexibility index (Phi) is 5.34. The topological polar surface area (TPSA) is 75.7 Å². The van der Waals surface area contributed by atoms with E-state index in [1.807, 2.05) is 0 Å². The van der Waals surface area contributed by atoms with Gasteiger partial charge in [-0.3, -0.25) is 4.79 Å². The summed E-state index contributed by atoms with van der Waals surface area (Å²) < 4.78 is 33.3. The number of sulfonamides is 1. The Labute approximate surface area is 149 Å². The van der Waals surface area contributed by atoms with Crippen LogP contribution in [-0.4, -0.2) is 38.8 Å².